The molecule has 1 heterocycles. The van der Waals surface area contributed by atoms with Crippen molar-refractivity contribution in [3.8, 4) is 5.75 Å². The summed E-state index contributed by atoms with van der Waals surface area (Å²) in [6.07, 6.45) is 0.640. The van der Waals surface area contributed by atoms with Gasteiger partial charge in [0.05, 0.1) is 18.7 Å². The summed E-state index contributed by atoms with van der Waals surface area (Å²) in [7, 11) is 1.58. The van der Waals surface area contributed by atoms with Crippen LogP contribution in [0.5, 0.6) is 5.75 Å². The van der Waals surface area contributed by atoms with Gasteiger partial charge in [0.25, 0.3) is 11.7 Å². The van der Waals surface area contributed by atoms with Crippen LogP contribution >= 0.6 is 0 Å². The first-order valence-corrected chi connectivity index (χ1v) is 10.3. The van der Waals surface area contributed by atoms with Crippen LogP contribution in [0.2, 0.25) is 0 Å². The standard InChI is InChI=1S/C25H28FNO4/c1-6-13-27-21(15-7-10-17(26)11-8-15)20(23(29)24(27)30)22(28)16-9-12-19(31-5)18(14-16)25(2,3)4/h7-12,14,21,28H,6,13H2,1-5H3/b22-20-. The smallest absolute Gasteiger partial charge is 0.295 e. The zero-order valence-corrected chi connectivity index (χ0v) is 18.5. The molecule has 0 aromatic heterocycles. The fourth-order valence-corrected chi connectivity index (χ4v) is 3.94. The zero-order valence-electron chi connectivity index (χ0n) is 18.5. The third kappa shape index (κ3) is 4.20. The Labute approximate surface area is 182 Å². The fraction of sp³-hybridized carbons (Fsp3) is 0.360. The molecule has 0 spiro atoms. The van der Waals surface area contributed by atoms with Crippen molar-refractivity contribution < 1.29 is 23.8 Å². The second-order valence-electron chi connectivity index (χ2n) is 8.71. The van der Waals surface area contributed by atoms with Gasteiger partial charge in [-0.05, 0) is 47.7 Å². The van der Waals surface area contributed by atoms with E-state index in [9.17, 15) is 19.1 Å². The predicted octanol–water partition coefficient (Wildman–Crippen LogP) is 4.96. The molecule has 1 aliphatic heterocycles. The van der Waals surface area contributed by atoms with Gasteiger partial charge < -0.3 is 14.7 Å². The number of amides is 1. The number of ether oxygens (including phenoxy) is 1. The Morgan fingerprint density at radius 1 is 1.13 bits per heavy atom. The largest absolute Gasteiger partial charge is 0.507 e. The monoisotopic (exact) mass is 425 g/mol. The molecule has 1 saturated heterocycles. The van der Waals surface area contributed by atoms with E-state index in [4.69, 9.17) is 4.74 Å². The number of benzene rings is 2. The number of halogens is 1. The van der Waals surface area contributed by atoms with Crippen molar-refractivity contribution in [1.29, 1.82) is 0 Å². The van der Waals surface area contributed by atoms with Gasteiger partial charge in [-0.3, -0.25) is 9.59 Å². The number of carbonyl (C=O) groups is 2. The Morgan fingerprint density at radius 2 is 1.77 bits per heavy atom. The lowest BCUT2D eigenvalue weighted by molar-refractivity contribution is -0.139. The summed E-state index contributed by atoms with van der Waals surface area (Å²) in [6.45, 7) is 8.31. The molecule has 1 unspecified atom stereocenters. The maximum absolute atomic E-state index is 13.5. The number of aliphatic hydroxyl groups is 1. The molecule has 1 aliphatic rings. The Balaban J connectivity index is 2.22. The topological polar surface area (TPSA) is 66.8 Å². The second-order valence-corrected chi connectivity index (χ2v) is 8.71. The lowest BCUT2D eigenvalue weighted by Crippen LogP contribution is -2.30. The Kier molecular flexibility index (Phi) is 6.20. The highest BCUT2D eigenvalue weighted by Crippen LogP contribution is 2.41. The van der Waals surface area contributed by atoms with Crippen LogP contribution in [0, 0.1) is 5.82 Å². The molecule has 3 rings (SSSR count). The molecule has 1 fully saturated rings. The van der Waals surface area contributed by atoms with Gasteiger partial charge in [0, 0.05) is 17.7 Å². The number of ketones is 1. The van der Waals surface area contributed by atoms with Crippen molar-refractivity contribution in [3.05, 3.63) is 70.5 Å². The Bertz CT molecular complexity index is 1030. The van der Waals surface area contributed by atoms with Crippen LogP contribution in [-0.2, 0) is 15.0 Å². The first-order valence-electron chi connectivity index (χ1n) is 10.3. The van der Waals surface area contributed by atoms with Crippen molar-refractivity contribution in [2.75, 3.05) is 13.7 Å². The molecule has 164 valence electrons. The Morgan fingerprint density at radius 3 is 2.32 bits per heavy atom. The average Bonchev–Trinajstić information content (AvgIpc) is 2.98. The van der Waals surface area contributed by atoms with Gasteiger partial charge in [-0.25, -0.2) is 4.39 Å². The number of carbonyl (C=O) groups excluding carboxylic acids is 2. The summed E-state index contributed by atoms with van der Waals surface area (Å²) < 4.78 is 19.0. The second kappa shape index (κ2) is 8.53. The summed E-state index contributed by atoms with van der Waals surface area (Å²) in [5.41, 5.74) is 1.59. The van der Waals surface area contributed by atoms with Gasteiger partial charge in [0.15, 0.2) is 0 Å². The third-order valence-corrected chi connectivity index (χ3v) is 5.47. The van der Waals surface area contributed by atoms with Crippen LogP contribution in [0.1, 0.15) is 56.8 Å². The molecule has 6 heteroatoms. The van der Waals surface area contributed by atoms with E-state index in [0.29, 0.717) is 29.8 Å². The minimum atomic E-state index is -0.777. The van der Waals surface area contributed by atoms with Gasteiger partial charge in [-0.15, -0.1) is 0 Å². The molecule has 0 saturated carbocycles. The average molecular weight is 426 g/mol. The van der Waals surface area contributed by atoms with Crippen LogP contribution in [0.3, 0.4) is 0 Å². The zero-order chi connectivity index (χ0) is 22.9. The van der Waals surface area contributed by atoms with E-state index in [1.54, 1.807) is 25.3 Å². The molecule has 1 amide bonds. The maximum Gasteiger partial charge on any atom is 0.295 e. The molecule has 0 aliphatic carbocycles. The fourth-order valence-electron chi connectivity index (χ4n) is 3.94. The first-order chi connectivity index (χ1) is 14.6. The van der Waals surface area contributed by atoms with Crippen LogP contribution in [0.4, 0.5) is 4.39 Å². The van der Waals surface area contributed by atoms with E-state index in [2.05, 4.69) is 0 Å². The molecule has 1 N–H and O–H groups in total. The lowest BCUT2D eigenvalue weighted by atomic mass is 9.84. The van der Waals surface area contributed by atoms with Gasteiger partial charge in [-0.2, -0.15) is 0 Å². The highest BCUT2D eigenvalue weighted by Gasteiger charge is 2.45. The van der Waals surface area contributed by atoms with Crippen LogP contribution < -0.4 is 4.74 Å². The van der Waals surface area contributed by atoms with Gasteiger partial charge in [-0.1, -0.05) is 39.8 Å². The number of methoxy groups -OCH3 is 1. The highest BCUT2D eigenvalue weighted by molar-refractivity contribution is 6.46. The third-order valence-electron chi connectivity index (χ3n) is 5.47. The minimum absolute atomic E-state index is 0.00934. The molecular formula is C25H28FNO4. The van der Waals surface area contributed by atoms with E-state index >= 15 is 0 Å². The highest BCUT2D eigenvalue weighted by atomic mass is 19.1. The molecular weight excluding hydrogens is 397 g/mol. The van der Waals surface area contributed by atoms with Crippen molar-refractivity contribution in [2.24, 2.45) is 0 Å². The summed E-state index contributed by atoms with van der Waals surface area (Å²) >= 11 is 0. The molecule has 1 atom stereocenters. The van der Waals surface area contributed by atoms with Gasteiger partial charge >= 0.3 is 0 Å². The number of aliphatic hydroxyl groups excluding tert-OH is 1. The minimum Gasteiger partial charge on any atom is -0.507 e. The van der Waals surface area contributed by atoms with Crippen molar-refractivity contribution >= 4 is 17.4 Å². The SMILES string of the molecule is CCCN1C(=O)C(=O)/C(=C(\O)c2ccc(OC)c(C(C)(C)C)c2)C1c1ccc(F)cc1. The van der Waals surface area contributed by atoms with Crippen molar-refractivity contribution in [2.45, 2.75) is 45.6 Å². The molecule has 2 aromatic rings. The molecule has 0 radical (unpaired) electrons. The number of Topliss-reactive ketones (excluding diaryl/α,β-unsaturated/α-hetero) is 1. The van der Waals surface area contributed by atoms with Gasteiger partial charge in [0.1, 0.15) is 17.3 Å². The first kappa shape index (κ1) is 22.5. The summed E-state index contributed by atoms with van der Waals surface area (Å²) in [6, 6.07) is 10.1. The molecule has 2 aromatic carbocycles. The predicted molar refractivity (Wildman–Crippen MR) is 117 cm³/mol. The molecule has 5 nitrogen and oxygen atoms in total. The van der Waals surface area contributed by atoms with Crippen LogP contribution in [0.15, 0.2) is 48.0 Å². The number of hydrogen-bond donors (Lipinski definition) is 1. The van der Waals surface area contributed by atoms with E-state index in [1.807, 2.05) is 27.7 Å². The Hall–Kier alpha value is -3.15. The molecule has 31 heavy (non-hydrogen) atoms. The van der Waals surface area contributed by atoms with Crippen LogP contribution in [-0.4, -0.2) is 35.4 Å². The van der Waals surface area contributed by atoms with Gasteiger partial charge in [0.2, 0.25) is 0 Å². The normalized spacial score (nSPS) is 18.5. The lowest BCUT2D eigenvalue weighted by Gasteiger charge is -2.25. The summed E-state index contributed by atoms with van der Waals surface area (Å²) in [5, 5.41) is 11.2. The number of nitrogens with zero attached hydrogens (tertiary/aromatic N) is 1. The van der Waals surface area contributed by atoms with Crippen molar-refractivity contribution in [1.82, 2.24) is 4.90 Å². The maximum atomic E-state index is 13.5. The van der Waals surface area contributed by atoms with E-state index in [1.165, 1.54) is 29.2 Å². The quantitative estimate of drug-likeness (QED) is 0.418. The van der Waals surface area contributed by atoms with E-state index in [0.717, 1.165) is 5.56 Å². The van der Waals surface area contributed by atoms with E-state index < -0.39 is 23.5 Å². The summed E-state index contributed by atoms with van der Waals surface area (Å²) in [4.78, 5) is 27.1. The summed E-state index contributed by atoms with van der Waals surface area (Å²) in [5.74, 6) is -1.40. The van der Waals surface area contributed by atoms with E-state index in [-0.39, 0.29) is 16.7 Å². The number of hydrogen-bond acceptors (Lipinski definition) is 4. The number of rotatable bonds is 5. The van der Waals surface area contributed by atoms with Crippen molar-refractivity contribution in [3.63, 3.8) is 0 Å². The number of likely N-dealkylation sites (tertiary alicyclic amines) is 1. The van der Waals surface area contributed by atoms with Crippen LogP contribution in [0.25, 0.3) is 5.76 Å². The molecule has 0 bridgehead atoms.